The summed E-state index contributed by atoms with van der Waals surface area (Å²) >= 11 is 0. The smallest absolute Gasteiger partial charge is 0.339 e. The van der Waals surface area contributed by atoms with E-state index in [2.05, 4.69) is 15.5 Å². The summed E-state index contributed by atoms with van der Waals surface area (Å²) < 4.78 is 0. The van der Waals surface area contributed by atoms with Crippen LogP contribution in [0.2, 0.25) is 0 Å². The Hall–Kier alpha value is -1.69. The summed E-state index contributed by atoms with van der Waals surface area (Å²) in [7, 11) is 0. The molecule has 0 aliphatic carbocycles. The van der Waals surface area contributed by atoms with Gasteiger partial charge in [0.15, 0.2) is 5.82 Å². The van der Waals surface area contributed by atoms with Crippen molar-refractivity contribution in [1.82, 2.24) is 10.2 Å². The number of aliphatic hydroxyl groups excluding tert-OH is 1. The summed E-state index contributed by atoms with van der Waals surface area (Å²) in [6, 6.07) is 0. The quantitative estimate of drug-likeness (QED) is 0.724. The lowest BCUT2D eigenvalue weighted by Gasteiger charge is -2.24. The molecular weight excluding hydrogens is 246 g/mol. The van der Waals surface area contributed by atoms with Crippen LogP contribution in [0.1, 0.15) is 41.9 Å². The molecule has 0 bridgehead atoms. The van der Waals surface area contributed by atoms with Crippen LogP contribution in [-0.2, 0) is 0 Å². The van der Waals surface area contributed by atoms with Crippen molar-refractivity contribution in [3.63, 3.8) is 0 Å². The number of aromatic carboxylic acids is 1. The first-order valence-electron chi connectivity index (χ1n) is 6.20. The molecule has 3 N–H and O–H groups in total. The molecule has 1 aromatic heterocycles. The van der Waals surface area contributed by atoms with Crippen molar-refractivity contribution >= 4 is 11.8 Å². The fourth-order valence-corrected chi connectivity index (χ4v) is 1.71. The topological polar surface area (TPSA) is 95.3 Å². The van der Waals surface area contributed by atoms with Gasteiger partial charge in [-0.15, -0.1) is 5.10 Å². The maximum absolute atomic E-state index is 11.3. The van der Waals surface area contributed by atoms with Crippen LogP contribution in [-0.4, -0.2) is 39.5 Å². The average Bonchev–Trinajstić information content (AvgIpc) is 2.30. The molecular formula is C13H21N3O3. The molecule has 0 fully saturated rings. The number of rotatable bonds is 6. The highest BCUT2D eigenvalue weighted by Gasteiger charge is 2.21. The summed E-state index contributed by atoms with van der Waals surface area (Å²) in [4.78, 5) is 11.3. The predicted octanol–water partition coefficient (Wildman–Crippen LogP) is 1.61. The third-order valence-electron chi connectivity index (χ3n) is 3.19. The Kier molecular flexibility index (Phi) is 4.83. The second kappa shape index (κ2) is 5.97. The number of hydrogen-bond donors (Lipinski definition) is 3. The van der Waals surface area contributed by atoms with E-state index in [-0.39, 0.29) is 23.4 Å². The van der Waals surface area contributed by atoms with Gasteiger partial charge in [-0.05, 0) is 31.2 Å². The molecule has 6 nitrogen and oxygen atoms in total. The van der Waals surface area contributed by atoms with E-state index in [1.807, 2.05) is 13.8 Å². The molecule has 19 heavy (non-hydrogen) atoms. The first kappa shape index (κ1) is 15.4. The number of aliphatic hydroxyl groups is 1. The van der Waals surface area contributed by atoms with Gasteiger partial charge in [0.2, 0.25) is 0 Å². The first-order valence-corrected chi connectivity index (χ1v) is 6.20. The van der Waals surface area contributed by atoms with Crippen LogP contribution in [0.4, 0.5) is 5.82 Å². The Labute approximate surface area is 112 Å². The lowest BCUT2D eigenvalue weighted by Crippen LogP contribution is -2.26. The average molecular weight is 267 g/mol. The van der Waals surface area contributed by atoms with E-state index in [1.54, 1.807) is 13.8 Å². The third-order valence-corrected chi connectivity index (χ3v) is 3.19. The number of nitrogens with one attached hydrogen (secondary N) is 1. The minimum Gasteiger partial charge on any atom is -0.478 e. The Balaban J connectivity index is 2.96. The number of aromatic nitrogens is 2. The molecule has 0 spiro atoms. The van der Waals surface area contributed by atoms with Crippen LogP contribution >= 0.6 is 0 Å². The van der Waals surface area contributed by atoms with E-state index in [9.17, 15) is 9.90 Å². The molecule has 0 aromatic carbocycles. The minimum absolute atomic E-state index is 0.0963. The van der Waals surface area contributed by atoms with Gasteiger partial charge >= 0.3 is 5.97 Å². The number of carboxylic acids is 1. The monoisotopic (exact) mass is 267 g/mol. The molecule has 1 heterocycles. The number of carboxylic acid groups (broad SMARTS) is 1. The molecule has 0 saturated carbocycles. The molecule has 0 radical (unpaired) electrons. The molecule has 1 aromatic rings. The number of anilines is 1. The van der Waals surface area contributed by atoms with Crippen LogP contribution in [0.5, 0.6) is 0 Å². The molecule has 106 valence electrons. The minimum atomic E-state index is -1.02. The van der Waals surface area contributed by atoms with Gasteiger partial charge in [-0.2, -0.15) is 5.10 Å². The second-order valence-corrected chi connectivity index (χ2v) is 5.43. The SMILES string of the molecule is Cc1nnc(NCC(C)(C)CCO)c(C(=O)O)c1C. The lowest BCUT2D eigenvalue weighted by molar-refractivity contribution is 0.0696. The van der Waals surface area contributed by atoms with Crippen molar-refractivity contribution in [2.45, 2.75) is 34.1 Å². The van der Waals surface area contributed by atoms with Crippen molar-refractivity contribution in [2.75, 3.05) is 18.5 Å². The van der Waals surface area contributed by atoms with Crippen molar-refractivity contribution in [1.29, 1.82) is 0 Å². The van der Waals surface area contributed by atoms with Crippen molar-refractivity contribution in [3.05, 3.63) is 16.8 Å². The first-order chi connectivity index (χ1) is 8.78. The van der Waals surface area contributed by atoms with Crippen molar-refractivity contribution in [3.8, 4) is 0 Å². The Bertz CT molecular complexity index is 472. The Morgan fingerprint density at radius 1 is 1.32 bits per heavy atom. The van der Waals surface area contributed by atoms with E-state index in [1.165, 1.54) is 0 Å². The van der Waals surface area contributed by atoms with E-state index in [0.29, 0.717) is 24.2 Å². The summed E-state index contributed by atoms with van der Waals surface area (Å²) in [5, 5.41) is 29.1. The molecule has 0 saturated heterocycles. The Morgan fingerprint density at radius 2 is 1.95 bits per heavy atom. The number of carbonyl (C=O) groups is 1. The zero-order valence-electron chi connectivity index (χ0n) is 11.8. The molecule has 6 heteroatoms. The normalized spacial score (nSPS) is 11.4. The van der Waals surface area contributed by atoms with E-state index < -0.39 is 5.97 Å². The zero-order chi connectivity index (χ0) is 14.6. The molecule has 1 rings (SSSR count). The number of aryl methyl sites for hydroxylation is 1. The number of hydrogen-bond acceptors (Lipinski definition) is 5. The van der Waals surface area contributed by atoms with Gasteiger partial charge in [-0.1, -0.05) is 13.8 Å². The third kappa shape index (κ3) is 3.89. The van der Waals surface area contributed by atoms with E-state index in [4.69, 9.17) is 5.11 Å². The molecule has 0 amide bonds. The van der Waals surface area contributed by atoms with E-state index in [0.717, 1.165) is 0 Å². The van der Waals surface area contributed by atoms with Gasteiger partial charge < -0.3 is 15.5 Å². The van der Waals surface area contributed by atoms with Crippen LogP contribution < -0.4 is 5.32 Å². The van der Waals surface area contributed by atoms with Gasteiger partial charge in [0, 0.05) is 13.2 Å². The van der Waals surface area contributed by atoms with Crippen LogP contribution in [0.3, 0.4) is 0 Å². The van der Waals surface area contributed by atoms with Gasteiger partial charge in [-0.25, -0.2) is 4.79 Å². The van der Waals surface area contributed by atoms with Gasteiger partial charge in [-0.3, -0.25) is 0 Å². The van der Waals surface area contributed by atoms with Crippen molar-refractivity contribution < 1.29 is 15.0 Å². The summed E-state index contributed by atoms with van der Waals surface area (Å²) in [5.74, 6) is -0.737. The summed E-state index contributed by atoms with van der Waals surface area (Å²) in [6.45, 7) is 8.05. The largest absolute Gasteiger partial charge is 0.478 e. The highest BCUT2D eigenvalue weighted by atomic mass is 16.4. The van der Waals surface area contributed by atoms with Crippen LogP contribution in [0.15, 0.2) is 0 Å². The molecule has 0 atom stereocenters. The van der Waals surface area contributed by atoms with Crippen LogP contribution in [0.25, 0.3) is 0 Å². The lowest BCUT2D eigenvalue weighted by atomic mass is 9.89. The van der Waals surface area contributed by atoms with Crippen molar-refractivity contribution in [2.24, 2.45) is 5.41 Å². The predicted molar refractivity (Wildman–Crippen MR) is 72.4 cm³/mol. The zero-order valence-corrected chi connectivity index (χ0v) is 11.8. The summed E-state index contributed by atoms with van der Waals surface area (Å²) in [6.07, 6.45) is 0.626. The molecule has 0 unspecified atom stereocenters. The highest BCUT2D eigenvalue weighted by molar-refractivity contribution is 5.94. The fourth-order valence-electron chi connectivity index (χ4n) is 1.71. The molecule has 0 aliphatic rings. The number of nitrogens with zero attached hydrogens (tertiary/aromatic N) is 2. The van der Waals surface area contributed by atoms with Gasteiger partial charge in [0.1, 0.15) is 5.56 Å². The molecule has 0 aliphatic heterocycles. The van der Waals surface area contributed by atoms with E-state index >= 15 is 0 Å². The fraction of sp³-hybridized carbons (Fsp3) is 0.615. The highest BCUT2D eigenvalue weighted by Crippen LogP contribution is 2.23. The standard InChI is InChI=1S/C13H21N3O3/c1-8-9(2)15-16-11(10(8)12(18)19)14-7-13(3,4)5-6-17/h17H,5-7H2,1-4H3,(H,14,16)(H,18,19). The Morgan fingerprint density at radius 3 is 2.47 bits per heavy atom. The second-order valence-electron chi connectivity index (χ2n) is 5.43. The van der Waals surface area contributed by atoms with Gasteiger partial charge in [0.05, 0.1) is 5.69 Å². The van der Waals surface area contributed by atoms with Gasteiger partial charge in [0.25, 0.3) is 0 Å². The van der Waals surface area contributed by atoms with Crippen LogP contribution in [0, 0.1) is 19.3 Å². The summed E-state index contributed by atoms with van der Waals surface area (Å²) in [5.41, 5.74) is 1.24. The maximum atomic E-state index is 11.3. The maximum Gasteiger partial charge on any atom is 0.339 e.